The van der Waals surface area contributed by atoms with E-state index in [9.17, 15) is 4.39 Å². The number of aromatic nitrogens is 3. The van der Waals surface area contributed by atoms with Gasteiger partial charge < -0.3 is 10.6 Å². The average Bonchev–Trinajstić information content (AvgIpc) is 3.15. The van der Waals surface area contributed by atoms with Crippen molar-refractivity contribution in [3.8, 4) is 5.69 Å². The molecule has 0 radical (unpaired) electrons. The highest BCUT2D eigenvalue weighted by molar-refractivity contribution is 14.0. The molecule has 6 nitrogen and oxygen atoms in total. The number of aliphatic imine (C=N–C) groups is 1. The van der Waals surface area contributed by atoms with Crippen LogP contribution in [-0.2, 0) is 13.0 Å². The van der Waals surface area contributed by atoms with Gasteiger partial charge in [-0.1, -0.05) is 30.3 Å². The second kappa shape index (κ2) is 11.4. The first kappa shape index (κ1) is 21.8. The van der Waals surface area contributed by atoms with Gasteiger partial charge >= 0.3 is 0 Å². The molecule has 0 fully saturated rings. The molecule has 0 spiro atoms. The maximum absolute atomic E-state index is 13.3. The number of rotatable bonds is 7. The lowest BCUT2D eigenvalue weighted by Crippen LogP contribution is -2.38. The lowest BCUT2D eigenvalue weighted by molar-refractivity contribution is 0.625. The lowest BCUT2D eigenvalue weighted by atomic mass is 10.1. The lowest BCUT2D eigenvalue weighted by Gasteiger charge is -2.11. The Kier molecular flexibility index (Phi) is 8.86. The first-order valence-corrected chi connectivity index (χ1v) is 8.97. The van der Waals surface area contributed by atoms with E-state index in [1.54, 1.807) is 18.5 Å². The van der Waals surface area contributed by atoms with E-state index >= 15 is 0 Å². The molecular formula is C20H24FIN6. The molecule has 0 atom stereocenters. The van der Waals surface area contributed by atoms with Gasteiger partial charge in [0.2, 0.25) is 0 Å². The molecule has 0 bridgehead atoms. The van der Waals surface area contributed by atoms with E-state index in [2.05, 4.69) is 25.8 Å². The number of nitrogens with one attached hydrogen (secondary N) is 2. The number of hydrogen-bond donors (Lipinski definition) is 2. The Morgan fingerprint density at radius 1 is 1.11 bits per heavy atom. The largest absolute Gasteiger partial charge is 0.357 e. The molecule has 0 aliphatic carbocycles. The summed E-state index contributed by atoms with van der Waals surface area (Å²) < 4.78 is 15.2. The topological polar surface area (TPSA) is 67.1 Å². The van der Waals surface area contributed by atoms with Crippen LogP contribution in [-0.4, -0.2) is 33.8 Å². The molecule has 0 saturated heterocycles. The minimum Gasteiger partial charge on any atom is -0.357 e. The summed E-state index contributed by atoms with van der Waals surface area (Å²) in [6.45, 7) is 3.80. The van der Waals surface area contributed by atoms with Crippen molar-refractivity contribution < 1.29 is 4.39 Å². The van der Waals surface area contributed by atoms with E-state index < -0.39 is 0 Å². The Hall–Kier alpha value is -2.49. The molecule has 3 rings (SSSR count). The smallest absolute Gasteiger partial charge is 0.191 e. The highest BCUT2D eigenvalue weighted by atomic mass is 127. The van der Waals surface area contributed by atoms with Gasteiger partial charge in [-0.15, -0.1) is 34.2 Å². The quantitative estimate of drug-likeness (QED) is 0.301. The Bertz CT molecular complexity index is 881. The minimum atomic E-state index is -0.215. The number of nitrogens with zero attached hydrogens (tertiary/aromatic N) is 4. The Labute approximate surface area is 181 Å². The summed E-state index contributed by atoms with van der Waals surface area (Å²) >= 11 is 0. The predicted molar refractivity (Wildman–Crippen MR) is 120 cm³/mol. The third-order valence-corrected chi connectivity index (χ3v) is 3.97. The van der Waals surface area contributed by atoms with Crippen LogP contribution in [0.15, 0.2) is 65.9 Å². The van der Waals surface area contributed by atoms with Crippen LogP contribution in [0, 0.1) is 5.82 Å². The first-order chi connectivity index (χ1) is 13.3. The summed E-state index contributed by atoms with van der Waals surface area (Å²) in [5.41, 5.74) is 1.94. The van der Waals surface area contributed by atoms with E-state index in [-0.39, 0.29) is 29.8 Å². The second-order valence-electron chi connectivity index (χ2n) is 5.95. The summed E-state index contributed by atoms with van der Waals surface area (Å²) in [5.74, 6) is 1.23. The Morgan fingerprint density at radius 2 is 1.93 bits per heavy atom. The molecule has 148 valence electrons. The zero-order chi connectivity index (χ0) is 18.9. The molecule has 0 amide bonds. The van der Waals surface area contributed by atoms with Gasteiger partial charge in [0.25, 0.3) is 0 Å². The third-order valence-electron chi connectivity index (χ3n) is 3.97. The summed E-state index contributed by atoms with van der Waals surface area (Å²) in [7, 11) is 0. The van der Waals surface area contributed by atoms with Crippen LogP contribution in [0.25, 0.3) is 5.69 Å². The molecule has 2 N–H and O–H groups in total. The molecule has 1 heterocycles. The van der Waals surface area contributed by atoms with Crippen LogP contribution in [0.2, 0.25) is 0 Å². The molecule has 0 saturated carbocycles. The van der Waals surface area contributed by atoms with Crippen LogP contribution in [0.4, 0.5) is 4.39 Å². The number of hydrogen-bond acceptors (Lipinski definition) is 3. The van der Waals surface area contributed by atoms with Crippen molar-refractivity contribution in [1.29, 1.82) is 0 Å². The fourth-order valence-corrected chi connectivity index (χ4v) is 2.68. The second-order valence-corrected chi connectivity index (χ2v) is 5.95. The van der Waals surface area contributed by atoms with Gasteiger partial charge in [0.05, 0.1) is 0 Å². The average molecular weight is 494 g/mol. The van der Waals surface area contributed by atoms with E-state index in [0.29, 0.717) is 25.5 Å². The van der Waals surface area contributed by atoms with Crippen LogP contribution >= 0.6 is 24.0 Å². The molecular weight excluding hydrogens is 470 g/mol. The van der Waals surface area contributed by atoms with Crippen molar-refractivity contribution >= 4 is 29.9 Å². The molecule has 8 heteroatoms. The van der Waals surface area contributed by atoms with E-state index in [0.717, 1.165) is 23.6 Å². The van der Waals surface area contributed by atoms with Crippen molar-refractivity contribution in [2.75, 3.05) is 13.1 Å². The highest BCUT2D eigenvalue weighted by Crippen LogP contribution is 2.09. The van der Waals surface area contributed by atoms with Gasteiger partial charge in [0.15, 0.2) is 11.8 Å². The van der Waals surface area contributed by atoms with Crippen molar-refractivity contribution in [3.05, 3.63) is 78.1 Å². The van der Waals surface area contributed by atoms with Crippen LogP contribution in [0.3, 0.4) is 0 Å². The van der Waals surface area contributed by atoms with Crippen molar-refractivity contribution in [2.45, 2.75) is 19.9 Å². The molecule has 3 aromatic rings. The zero-order valence-electron chi connectivity index (χ0n) is 15.7. The normalized spacial score (nSPS) is 11.0. The number of halogens is 2. The molecule has 0 aliphatic rings. The number of benzene rings is 2. The third kappa shape index (κ3) is 6.29. The molecule has 0 unspecified atom stereocenters. The SMILES string of the molecule is CCNC(=NCc1nncn1-c1ccccc1)NCCc1cccc(F)c1.I. The monoisotopic (exact) mass is 494 g/mol. The minimum absolute atomic E-state index is 0. The van der Waals surface area contributed by atoms with Crippen molar-refractivity contribution in [2.24, 2.45) is 4.99 Å². The van der Waals surface area contributed by atoms with Gasteiger partial charge in [-0.3, -0.25) is 4.57 Å². The van der Waals surface area contributed by atoms with Crippen LogP contribution in [0.1, 0.15) is 18.3 Å². The van der Waals surface area contributed by atoms with Gasteiger partial charge in [-0.2, -0.15) is 0 Å². The summed E-state index contributed by atoms with van der Waals surface area (Å²) in [5, 5.41) is 14.6. The first-order valence-electron chi connectivity index (χ1n) is 8.97. The number of para-hydroxylation sites is 1. The summed E-state index contributed by atoms with van der Waals surface area (Å²) in [6, 6.07) is 16.5. The van der Waals surface area contributed by atoms with Crippen LogP contribution in [0.5, 0.6) is 0 Å². The van der Waals surface area contributed by atoms with Gasteiger partial charge in [0, 0.05) is 18.8 Å². The molecule has 2 aromatic carbocycles. The highest BCUT2D eigenvalue weighted by Gasteiger charge is 2.06. The maximum Gasteiger partial charge on any atom is 0.191 e. The zero-order valence-corrected chi connectivity index (χ0v) is 18.0. The molecule has 0 aliphatic heterocycles. The Morgan fingerprint density at radius 3 is 2.68 bits per heavy atom. The van der Waals surface area contributed by atoms with Gasteiger partial charge in [-0.05, 0) is 43.2 Å². The summed E-state index contributed by atoms with van der Waals surface area (Å²) in [6.07, 6.45) is 2.40. The van der Waals surface area contributed by atoms with E-state index in [4.69, 9.17) is 0 Å². The number of guanidine groups is 1. The maximum atomic E-state index is 13.3. The molecule has 28 heavy (non-hydrogen) atoms. The van der Waals surface area contributed by atoms with Crippen molar-refractivity contribution in [3.63, 3.8) is 0 Å². The Balaban J connectivity index is 0.00000280. The van der Waals surface area contributed by atoms with E-state index in [1.165, 1.54) is 6.07 Å². The predicted octanol–water partition coefficient (Wildman–Crippen LogP) is 3.32. The van der Waals surface area contributed by atoms with Crippen LogP contribution < -0.4 is 10.6 Å². The fraction of sp³-hybridized carbons (Fsp3) is 0.250. The van der Waals surface area contributed by atoms with E-state index in [1.807, 2.05) is 47.9 Å². The molecule has 1 aromatic heterocycles. The van der Waals surface area contributed by atoms with Gasteiger partial charge in [0.1, 0.15) is 18.7 Å². The fourth-order valence-electron chi connectivity index (χ4n) is 2.68. The standard InChI is InChI=1S/C20H23FN6.HI/c1-2-22-20(23-12-11-16-7-6-8-17(21)13-16)24-14-19-26-25-15-27(19)18-9-4-3-5-10-18;/h3-10,13,15H,2,11-12,14H2,1H3,(H2,22,23,24);1H. The van der Waals surface area contributed by atoms with Crippen molar-refractivity contribution in [1.82, 2.24) is 25.4 Å². The summed E-state index contributed by atoms with van der Waals surface area (Å²) in [4.78, 5) is 4.59. The van der Waals surface area contributed by atoms with Gasteiger partial charge in [-0.25, -0.2) is 9.38 Å².